The predicted octanol–water partition coefficient (Wildman–Crippen LogP) is 3.70. The lowest BCUT2D eigenvalue weighted by atomic mass is 10.2. The highest BCUT2D eigenvalue weighted by molar-refractivity contribution is 5.74. The van der Waals surface area contributed by atoms with Gasteiger partial charge in [-0.15, -0.1) is 0 Å². The van der Waals surface area contributed by atoms with Crippen molar-refractivity contribution in [1.82, 2.24) is 15.3 Å². The standard InChI is InChI=1S/C19H24N4/c1-3-23(4-2)16-11-9-15(10-12-16)13-20-14-19-21-17-7-5-6-8-18(17)22-19/h5-12,20H,3-4,13-14H2,1-2H3,(H,21,22). The Kier molecular flexibility index (Phi) is 4.93. The number of hydrogen-bond donors (Lipinski definition) is 2. The second-order valence-electron chi connectivity index (χ2n) is 5.64. The molecule has 4 heteroatoms. The summed E-state index contributed by atoms with van der Waals surface area (Å²) in [4.78, 5) is 10.3. The molecule has 0 spiro atoms. The van der Waals surface area contributed by atoms with E-state index in [-0.39, 0.29) is 0 Å². The molecule has 0 radical (unpaired) electrons. The number of imidazole rings is 1. The van der Waals surface area contributed by atoms with Crippen LogP contribution in [0.5, 0.6) is 0 Å². The molecule has 4 nitrogen and oxygen atoms in total. The Morgan fingerprint density at radius 2 is 1.70 bits per heavy atom. The van der Waals surface area contributed by atoms with Crippen molar-refractivity contribution < 1.29 is 0 Å². The van der Waals surface area contributed by atoms with Gasteiger partial charge in [0, 0.05) is 25.3 Å². The summed E-state index contributed by atoms with van der Waals surface area (Å²) in [6, 6.07) is 16.9. The van der Waals surface area contributed by atoms with E-state index in [1.54, 1.807) is 0 Å². The van der Waals surface area contributed by atoms with Crippen molar-refractivity contribution in [2.75, 3.05) is 18.0 Å². The molecular weight excluding hydrogens is 284 g/mol. The minimum absolute atomic E-state index is 0.743. The zero-order valence-corrected chi connectivity index (χ0v) is 13.8. The van der Waals surface area contributed by atoms with Gasteiger partial charge in [-0.1, -0.05) is 24.3 Å². The summed E-state index contributed by atoms with van der Waals surface area (Å²) in [7, 11) is 0. The summed E-state index contributed by atoms with van der Waals surface area (Å²) < 4.78 is 0. The van der Waals surface area contributed by atoms with Crippen LogP contribution in [0.2, 0.25) is 0 Å². The minimum atomic E-state index is 0.743. The number of rotatable bonds is 7. The number of fused-ring (bicyclic) bond motifs is 1. The van der Waals surface area contributed by atoms with Gasteiger partial charge in [0.15, 0.2) is 0 Å². The van der Waals surface area contributed by atoms with Crippen molar-refractivity contribution in [3.63, 3.8) is 0 Å². The SMILES string of the molecule is CCN(CC)c1ccc(CNCc2nc3ccccc3[nH]2)cc1. The van der Waals surface area contributed by atoms with Crippen molar-refractivity contribution in [2.24, 2.45) is 0 Å². The molecule has 0 aliphatic heterocycles. The van der Waals surface area contributed by atoms with E-state index in [0.29, 0.717) is 0 Å². The zero-order chi connectivity index (χ0) is 16.1. The Balaban J connectivity index is 1.56. The van der Waals surface area contributed by atoms with Crippen molar-refractivity contribution in [1.29, 1.82) is 0 Å². The number of para-hydroxylation sites is 2. The van der Waals surface area contributed by atoms with Crippen LogP contribution in [0.15, 0.2) is 48.5 Å². The van der Waals surface area contributed by atoms with Gasteiger partial charge in [-0.05, 0) is 43.7 Å². The second kappa shape index (κ2) is 7.29. The minimum Gasteiger partial charge on any atom is -0.372 e. The van der Waals surface area contributed by atoms with Gasteiger partial charge in [0.2, 0.25) is 0 Å². The highest BCUT2D eigenvalue weighted by Gasteiger charge is 2.03. The maximum absolute atomic E-state index is 4.58. The van der Waals surface area contributed by atoms with Crippen molar-refractivity contribution in [2.45, 2.75) is 26.9 Å². The summed E-state index contributed by atoms with van der Waals surface area (Å²) >= 11 is 0. The average Bonchev–Trinajstić information content (AvgIpc) is 3.00. The van der Waals surface area contributed by atoms with Crippen LogP contribution in [0.3, 0.4) is 0 Å². The molecule has 0 fully saturated rings. The summed E-state index contributed by atoms with van der Waals surface area (Å²) in [6.45, 7) is 8.04. The van der Waals surface area contributed by atoms with E-state index in [4.69, 9.17) is 0 Å². The fraction of sp³-hybridized carbons (Fsp3) is 0.316. The molecule has 0 aliphatic rings. The van der Waals surface area contributed by atoms with E-state index in [0.717, 1.165) is 43.0 Å². The summed E-state index contributed by atoms with van der Waals surface area (Å²) in [5.74, 6) is 0.978. The number of aromatic nitrogens is 2. The van der Waals surface area contributed by atoms with E-state index in [1.165, 1.54) is 11.3 Å². The third-order valence-electron chi connectivity index (χ3n) is 4.12. The molecule has 3 aromatic rings. The van der Waals surface area contributed by atoms with Gasteiger partial charge in [0.1, 0.15) is 5.82 Å². The number of hydrogen-bond acceptors (Lipinski definition) is 3. The second-order valence-corrected chi connectivity index (χ2v) is 5.64. The third kappa shape index (κ3) is 3.71. The lowest BCUT2D eigenvalue weighted by molar-refractivity contribution is 0.670. The Morgan fingerprint density at radius 1 is 0.957 bits per heavy atom. The number of aromatic amines is 1. The molecule has 0 unspecified atom stereocenters. The molecule has 1 heterocycles. The van der Waals surface area contributed by atoms with Crippen LogP contribution in [0.1, 0.15) is 25.2 Å². The summed E-state index contributed by atoms with van der Waals surface area (Å²) in [6.07, 6.45) is 0. The topological polar surface area (TPSA) is 44.0 Å². The van der Waals surface area contributed by atoms with Gasteiger partial charge < -0.3 is 15.2 Å². The Labute approximate surface area is 137 Å². The van der Waals surface area contributed by atoms with Crippen LogP contribution in [-0.2, 0) is 13.1 Å². The molecular formula is C19H24N4. The van der Waals surface area contributed by atoms with E-state index < -0.39 is 0 Å². The molecule has 0 saturated carbocycles. The van der Waals surface area contributed by atoms with Gasteiger partial charge in [-0.2, -0.15) is 0 Å². The Hall–Kier alpha value is -2.33. The molecule has 0 bridgehead atoms. The quantitative estimate of drug-likeness (QED) is 0.699. The van der Waals surface area contributed by atoms with Crippen LogP contribution in [-0.4, -0.2) is 23.1 Å². The Bertz CT molecular complexity index is 708. The van der Waals surface area contributed by atoms with Gasteiger partial charge in [-0.3, -0.25) is 0 Å². The maximum atomic E-state index is 4.58. The van der Waals surface area contributed by atoms with Crippen LogP contribution in [0.25, 0.3) is 11.0 Å². The maximum Gasteiger partial charge on any atom is 0.121 e. The lowest BCUT2D eigenvalue weighted by Gasteiger charge is -2.21. The number of nitrogens with one attached hydrogen (secondary N) is 2. The first-order valence-electron chi connectivity index (χ1n) is 8.28. The molecule has 3 rings (SSSR count). The fourth-order valence-corrected chi connectivity index (χ4v) is 2.83. The number of benzene rings is 2. The third-order valence-corrected chi connectivity index (χ3v) is 4.12. The zero-order valence-electron chi connectivity index (χ0n) is 13.8. The molecule has 0 aliphatic carbocycles. The summed E-state index contributed by atoms with van der Waals surface area (Å²) in [5.41, 5.74) is 4.69. The van der Waals surface area contributed by atoms with Crippen LogP contribution < -0.4 is 10.2 Å². The first-order valence-corrected chi connectivity index (χ1v) is 8.28. The van der Waals surface area contributed by atoms with Crippen molar-refractivity contribution in [3.05, 3.63) is 59.9 Å². The molecule has 1 aromatic heterocycles. The molecule has 23 heavy (non-hydrogen) atoms. The number of H-pyrrole nitrogens is 1. The average molecular weight is 308 g/mol. The van der Waals surface area contributed by atoms with E-state index in [9.17, 15) is 0 Å². The van der Waals surface area contributed by atoms with Crippen LogP contribution >= 0.6 is 0 Å². The van der Waals surface area contributed by atoms with E-state index in [2.05, 4.69) is 64.4 Å². The fourth-order valence-electron chi connectivity index (χ4n) is 2.83. The smallest absolute Gasteiger partial charge is 0.121 e. The Morgan fingerprint density at radius 3 is 2.39 bits per heavy atom. The normalized spacial score (nSPS) is 11.0. The van der Waals surface area contributed by atoms with Crippen LogP contribution in [0.4, 0.5) is 5.69 Å². The van der Waals surface area contributed by atoms with Gasteiger partial charge in [-0.25, -0.2) is 4.98 Å². The van der Waals surface area contributed by atoms with Gasteiger partial charge in [0.25, 0.3) is 0 Å². The van der Waals surface area contributed by atoms with Crippen molar-refractivity contribution >= 4 is 16.7 Å². The van der Waals surface area contributed by atoms with E-state index in [1.807, 2.05) is 18.2 Å². The molecule has 0 atom stereocenters. The number of anilines is 1. The highest BCUT2D eigenvalue weighted by Crippen LogP contribution is 2.15. The molecule has 2 aromatic carbocycles. The van der Waals surface area contributed by atoms with Crippen LogP contribution in [0, 0.1) is 0 Å². The van der Waals surface area contributed by atoms with E-state index >= 15 is 0 Å². The van der Waals surface area contributed by atoms with Gasteiger partial charge in [0.05, 0.1) is 17.6 Å². The molecule has 0 saturated heterocycles. The molecule has 120 valence electrons. The molecule has 0 amide bonds. The first-order chi connectivity index (χ1) is 11.3. The molecule has 2 N–H and O–H groups in total. The highest BCUT2D eigenvalue weighted by atomic mass is 15.1. The monoisotopic (exact) mass is 308 g/mol. The summed E-state index contributed by atoms with van der Waals surface area (Å²) in [5, 5.41) is 3.45. The predicted molar refractivity (Wildman–Crippen MR) is 96.6 cm³/mol. The van der Waals surface area contributed by atoms with Crippen molar-refractivity contribution in [3.8, 4) is 0 Å². The largest absolute Gasteiger partial charge is 0.372 e. The first kappa shape index (κ1) is 15.6. The van der Waals surface area contributed by atoms with Gasteiger partial charge >= 0.3 is 0 Å². The lowest BCUT2D eigenvalue weighted by Crippen LogP contribution is -2.21. The number of nitrogens with zero attached hydrogens (tertiary/aromatic N) is 2.